The second-order valence-corrected chi connectivity index (χ2v) is 4.90. The van der Waals surface area contributed by atoms with E-state index in [2.05, 4.69) is 36.2 Å². The lowest BCUT2D eigenvalue weighted by Crippen LogP contribution is -2.31. The van der Waals surface area contributed by atoms with Gasteiger partial charge in [-0.25, -0.2) is 0 Å². The molecule has 90 valence electrons. The van der Waals surface area contributed by atoms with Gasteiger partial charge in [-0.2, -0.15) is 5.10 Å². The molecule has 1 saturated heterocycles. The lowest BCUT2D eigenvalue weighted by molar-refractivity contribution is 0.397. The van der Waals surface area contributed by atoms with Crippen molar-refractivity contribution in [1.29, 1.82) is 0 Å². The zero-order valence-corrected chi connectivity index (χ0v) is 10.7. The van der Waals surface area contributed by atoms with E-state index in [-0.39, 0.29) is 0 Å². The van der Waals surface area contributed by atoms with E-state index in [1.54, 1.807) is 0 Å². The third-order valence-corrected chi connectivity index (χ3v) is 3.62. The third-order valence-electron chi connectivity index (χ3n) is 3.62. The Morgan fingerprint density at radius 2 is 2.12 bits per heavy atom. The lowest BCUT2D eigenvalue weighted by atomic mass is 10.2. The minimum atomic E-state index is 0.643. The summed E-state index contributed by atoms with van der Waals surface area (Å²) in [5.74, 6) is 0. The summed E-state index contributed by atoms with van der Waals surface area (Å²) in [6.45, 7) is 7.55. The molecule has 4 nitrogen and oxygen atoms in total. The van der Waals surface area contributed by atoms with E-state index >= 15 is 0 Å². The average molecular weight is 222 g/mol. The molecule has 0 saturated carbocycles. The summed E-state index contributed by atoms with van der Waals surface area (Å²) in [5.41, 5.74) is 3.78. The van der Waals surface area contributed by atoms with Crippen molar-refractivity contribution in [3.8, 4) is 0 Å². The number of hydrogen-bond donors (Lipinski definition) is 1. The van der Waals surface area contributed by atoms with Crippen LogP contribution in [0.4, 0.5) is 0 Å². The molecular formula is C12H22N4. The molecule has 0 spiro atoms. The Morgan fingerprint density at radius 1 is 1.38 bits per heavy atom. The average Bonchev–Trinajstić information content (AvgIpc) is 2.72. The molecule has 4 heteroatoms. The van der Waals surface area contributed by atoms with Gasteiger partial charge < -0.3 is 10.2 Å². The third kappa shape index (κ3) is 2.28. The number of rotatable bonds is 3. The molecule has 0 radical (unpaired) electrons. The van der Waals surface area contributed by atoms with E-state index < -0.39 is 0 Å². The van der Waals surface area contributed by atoms with Crippen molar-refractivity contribution >= 4 is 0 Å². The van der Waals surface area contributed by atoms with E-state index in [0.29, 0.717) is 6.04 Å². The number of aryl methyl sites for hydroxylation is 2. The Balaban J connectivity index is 1.94. The predicted octanol–water partition coefficient (Wildman–Crippen LogP) is 0.831. The minimum absolute atomic E-state index is 0.643. The van der Waals surface area contributed by atoms with E-state index in [1.165, 1.54) is 30.8 Å². The first-order chi connectivity index (χ1) is 7.58. The van der Waals surface area contributed by atoms with Gasteiger partial charge in [-0.05, 0) is 33.9 Å². The Hall–Kier alpha value is -0.870. The fraction of sp³-hybridized carbons (Fsp3) is 0.750. The highest BCUT2D eigenvalue weighted by Crippen LogP contribution is 2.13. The zero-order valence-electron chi connectivity index (χ0n) is 10.7. The highest BCUT2D eigenvalue weighted by atomic mass is 15.3. The van der Waals surface area contributed by atoms with Gasteiger partial charge >= 0.3 is 0 Å². The smallest absolute Gasteiger partial charge is 0.0641 e. The number of nitrogens with one attached hydrogen (secondary N) is 1. The summed E-state index contributed by atoms with van der Waals surface area (Å²) in [6, 6.07) is 0.643. The molecule has 1 N–H and O–H groups in total. The maximum absolute atomic E-state index is 4.44. The van der Waals surface area contributed by atoms with Gasteiger partial charge in [-0.3, -0.25) is 4.68 Å². The Kier molecular flexibility index (Phi) is 3.30. The van der Waals surface area contributed by atoms with E-state index in [9.17, 15) is 0 Å². The van der Waals surface area contributed by atoms with Crippen LogP contribution in [0.2, 0.25) is 0 Å². The Labute approximate surface area is 97.6 Å². The number of aromatic nitrogens is 2. The van der Waals surface area contributed by atoms with Crippen molar-refractivity contribution in [3.05, 3.63) is 17.0 Å². The number of nitrogens with zero attached hydrogens (tertiary/aromatic N) is 3. The predicted molar refractivity (Wildman–Crippen MR) is 65.4 cm³/mol. The molecule has 0 amide bonds. The van der Waals surface area contributed by atoms with Crippen LogP contribution in [0.15, 0.2) is 0 Å². The van der Waals surface area contributed by atoms with Crippen molar-refractivity contribution in [1.82, 2.24) is 20.0 Å². The Bertz CT molecular complexity index is 369. The van der Waals surface area contributed by atoms with E-state index in [0.717, 1.165) is 12.2 Å². The van der Waals surface area contributed by atoms with Crippen LogP contribution in [-0.4, -0.2) is 40.9 Å². The first kappa shape index (κ1) is 11.6. The first-order valence-corrected chi connectivity index (χ1v) is 5.99. The van der Waals surface area contributed by atoms with Crippen LogP contribution >= 0.6 is 0 Å². The molecule has 1 aromatic rings. The lowest BCUT2D eigenvalue weighted by Gasteiger charge is -2.12. The maximum atomic E-state index is 4.44. The number of likely N-dealkylation sites (tertiary alicyclic amines) is 1. The van der Waals surface area contributed by atoms with Crippen molar-refractivity contribution < 1.29 is 0 Å². The van der Waals surface area contributed by atoms with Gasteiger partial charge in [0.15, 0.2) is 0 Å². The molecule has 1 aromatic heterocycles. The second kappa shape index (κ2) is 4.55. The molecular weight excluding hydrogens is 200 g/mol. The summed E-state index contributed by atoms with van der Waals surface area (Å²) in [5, 5.41) is 8.07. The summed E-state index contributed by atoms with van der Waals surface area (Å²) in [6.07, 6.45) is 1.26. The van der Waals surface area contributed by atoms with Gasteiger partial charge in [0.2, 0.25) is 0 Å². The monoisotopic (exact) mass is 222 g/mol. The standard InChI is InChI=1S/C12H22N4/c1-9-12(10(2)16(4)14-9)7-13-11-5-6-15(3)8-11/h11,13H,5-8H2,1-4H3. The van der Waals surface area contributed by atoms with Gasteiger partial charge in [-0.1, -0.05) is 0 Å². The molecule has 2 heterocycles. The van der Waals surface area contributed by atoms with E-state index in [1.807, 2.05) is 11.7 Å². The van der Waals surface area contributed by atoms with Crippen LogP contribution in [0.25, 0.3) is 0 Å². The van der Waals surface area contributed by atoms with Crippen molar-refractivity contribution in [2.45, 2.75) is 32.9 Å². The van der Waals surface area contributed by atoms with Gasteiger partial charge in [0.25, 0.3) is 0 Å². The summed E-state index contributed by atoms with van der Waals surface area (Å²) in [4.78, 5) is 2.38. The van der Waals surface area contributed by atoms with Crippen LogP contribution in [0.1, 0.15) is 23.4 Å². The molecule has 0 aromatic carbocycles. The Morgan fingerprint density at radius 3 is 2.62 bits per heavy atom. The van der Waals surface area contributed by atoms with Crippen molar-refractivity contribution in [2.24, 2.45) is 7.05 Å². The molecule has 1 fully saturated rings. The van der Waals surface area contributed by atoms with Gasteiger partial charge in [0.05, 0.1) is 5.69 Å². The van der Waals surface area contributed by atoms with Gasteiger partial charge in [0, 0.05) is 37.4 Å². The van der Waals surface area contributed by atoms with Crippen LogP contribution in [0.3, 0.4) is 0 Å². The highest BCUT2D eigenvalue weighted by molar-refractivity contribution is 5.24. The minimum Gasteiger partial charge on any atom is -0.308 e. The normalized spacial score (nSPS) is 21.9. The quantitative estimate of drug-likeness (QED) is 0.822. The van der Waals surface area contributed by atoms with Crippen LogP contribution in [-0.2, 0) is 13.6 Å². The molecule has 16 heavy (non-hydrogen) atoms. The van der Waals surface area contributed by atoms with Crippen molar-refractivity contribution in [3.63, 3.8) is 0 Å². The fourth-order valence-corrected chi connectivity index (χ4v) is 2.42. The molecule has 0 aliphatic carbocycles. The van der Waals surface area contributed by atoms with E-state index in [4.69, 9.17) is 0 Å². The molecule has 1 aliphatic heterocycles. The van der Waals surface area contributed by atoms with Crippen LogP contribution < -0.4 is 5.32 Å². The SMILES string of the molecule is Cc1nn(C)c(C)c1CNC1CCN(C)C1. The zero-order chi connectivity index (χ0) is 11.7. The number of hydrogen-bond acceptors (Lipinski definition) is 3. The summed E-state index contributed by atoms with van der Waals surface area (Å²) >= 11 is 0. The molecule has 1 aliphatic rings. The van der Waals surface area contributed by atoms with Crippen molar-refractivity contribution in [2.75, 3.05) is 20.1 Å². The van der Waals surface area contributed by atoms with Gasteiger partial charge in [0.1, 0.15) is 0 Å². The second-order valence-electron chi connectivity index (χ2n) is 4.90. The maximum Gasteiger partial charge on any atom is 0.0641 e. The van der Waals surface area contributed by atoms with Gasteiger partial charge in [-0.15, -0.1) is 0 Å². The van der Waals surface area contributed by atoms with Crippen LogP contribution in [0, 0.1) is 13.8 Å². The first-order valence-electron chi connectivity index (χ1n) is 5.99. The molecule has 1 atom stereocenters. The topological polar surface area (TPSA) is 33.1 Å². The number of likely N-dealkylation sites (N-methyl/N-ethyl adjacent to an activating group) is 1. The summed E-state index contributed by atoms with van der Waals surface area (Å²) in [7, 11) is 4.19. The van der Waals surface area contributed by atoms with Crippen LogP contribution in [0.5, 0.6) is 0 Å². The highest BCUT2D eigenvalue weighted by Gasteiger charge is 2.19. The largest absolute Gasteiger partial charge is 0.308 e. The molecule has 0 bridgehead atoms. The molecule has 2 rings (SSSR count). The molecule has 1 unspecified atom stereocenters. The summed E-state index contributed by atoms with van der Waals surface area (Å²) < 4.78 is 1.97. The fourth-order valence-electron chi connectivity index (χ4n) is 2.42.